The van der Waals surface area contributed by atoms with Crippen LogP contribution in [0.3, 0.4) is 0 Å². The van der Waals surface area contributed by atoms with Gasteiger partial charge in [0.15, 0.2) is 5.17 Å². The van der Waals surface area contributed by atoms with Gasteiger partial charge in [0, 0.05) is 16.8 Å². The number of nitrogens with zero attached hydrogens (tertiary/aromatic N) is 2. The number of thiophene rings is 1. The predicted octanol–water partition coefficient (Wildman–Crippen LogP) is 4.80. The highest BCUT2D eigenvalue weighted by Crippen LogP contribution is 2.34. The van der Waals surface area contributed by atoms with Gasteiger partial charge in [-0.25, -0.2) is 4.98 Å². The van der Waals surface area contributed by atoms with Crippen LogP contribution in [0.2, 0.25) is 5.15 Å². The number of anilines is 1. The van der Waals surface area contributed by atoms with Crippen LogP contribution in [0.5, 0.6) is 0 Å². The second kappa shape index (κ2) is 7.72. The van der Waals surface area contributed by atoms with Crippen molar-refractivity contribution in [2.24, 2.45) is 4.99 Å². The van der Waals surface area contributed by atoms with E-state index in [1.165, 1.54) is 23.1 Å². The Morgan fingerprint density at radius 2 is 2.00 bits per heavy atom. The zero-order valence-corrected chi connectivity index (χ0v) is 16.5. The largest absolute Gasteiger partial charge is 0.397 e. The lowest BCUT2D eigenvalue weighted by Crippen LogP contribution is -2.28. The molecule has 0 aliphatic carbocycles. The summed E-state index contributed by atoms with van der Waals surface area (Å²) in [6.45, 7) is 0.623. The molecule has 1 aliphatic heterocycles. The van der Waals surface area contributed by atoms with Gasteiger partial charge in [-0.05, 0) is 24.1 Å². The van der Waals surface area contributed by atoms with Gasteiger partial charge in [-0.2, -0.15) is 0 Å². The standard InChI is InChI=1S/C19H15ClN4OS2/c20-14-9-8-12-15(21)16(27-18(12)23-14)17(25)24-19-22-10-4-7-13(26-19)11-5-2-1-3-6-11/h1-3,5-9H,4,10,21H2,(H,22,24,25). The number of amidine groups is 1. The van der Waals surface area contributed by atoms with E-state index in [0.717, 1.165) is 22.3 Å². The van der Waals surface area contributed by atoms with E-state index in [1.807, 2.05) is 30.3 Å². The molecular formula is C19H15ClN4OS2. The molecule has 0 spiro atoms. The van der Waals surface area contributed by atoms with Crippen LogP contribution in [0.4, 0.5) is 5.69 Å². The fraction of sp³-hybridized carbons (Fsp3) is 0.105. The number of hydrogen-bond donors (Lipinski definition) is 2. The number of aliphatic imine (C=N–C) groups is 1. The SMILES string of the molecule is Nc1c(C(=O)NC2=NCCC=C(c3ccccc3)S2)sc2nc(Cl)ccc12. The first kappa shape index (κ1) is 18.0. The average molecular weight is 415 g/mol. The van der Waals surface area contributed by atoms with Gasteiger partial charge in [-0.15, -0.1) is 11.3 Å². The smallest absolute Gasteiger partial charge is 0.269 e. The molecule has 1 aromatic carbocycles. The highest BCUT2D eigenvalue weighted by Gasteiger charge is 2.20. The van der Waals surface area contributed by atoms with E-state index in [4.69, 9.17) is 17.3 Å². The Labute approximate surface area is 169 Å². The van der Waals surface area contributed by atoms with Gasteiger partial charge in [-0.1, -0.05) is 59.8 Å². The molecule has 0 bridgehead atoms. The molecule has 3 heterocycles. The normalized spacial score (nSPS) is 14.4. The Balaban J connectivity index is 1.57. The molecule has 2 aromatic heterocycles. The maximum absolute atomic E-state index is 12.8. The molecule has 0 fully saturated rings. The number of nitrogen functional groups attached to an aromatic ring is 1. The Kier molecular flexibility index (Phi) is 5.15. The van der Waals surface area contributed by atoms with Crippen LogP contribution < -0.4 is 11.1 Å². The van der Waals surface area contributed by atoms with Crippen LogP contribution >= 0.6 is 34.7 Å². The molecule has 8 heteroatoms. The van der Waals surface area contributed by atoms with Gasteiger partial charge >= 0.3 is 0 Å². The van der Waals surface area contributed by atoms with Crippen molar-refractivity contribution >= 4 is 66.6 Å². The van der Waals surface area contributed by atoms with Crippen molar-refractivity contribution in [1.29, 1.82) is 0 Å². The van der Waals surface area contributed by atoms with Crippen LogP contribution in [0, 0.1) is 0 Å². The molecule has 1 amide bonds. The van der Waals surface area contributed by atoms with E-state index < -0.39 is 0 Å². The number of pyridine rings is 1. The van der Waals surface area contributed by atoms with Gasteiger partial charge in [0.2, 0.25) is 0 Å². The predicted molar refractivity (Wildman–Crippen MR) is 115 cm³/mol. The molecular weight excluding hydrogens is 400 g/mol. The number of nitrogens with two attached hydrogens (primary N) is 1. The molecule has 0 atom stereocenters. The number of amides is 1. The third kappa shape index (κ3) is 3.85. The fourth-order valence-corrected chi connectivity index (χ4v) is 4.83. The molecule has 3 N–H and O–H groups in total. The number of benzene rings is 1. The topological polar surface area (TPSA) is 80.4 Å². The summed E-state index contributed by atoms with van der Waals surface area (Å²) >= 11 is 8.61. The van der Waals surface area contributed by atoms with Gasteiger partial charge in [0.05, 0.1) is 5.69 Å². The number of halogens is 1. The molecule has 0 saturated carbocycles. The van der Waals surface area contributed by atoms with Crippen molar-refractivity contribution in [2.75, 3.05) is 12.3 Å². The Morgan fingerprint density at radius 3 is 2.81 bits per heavy atom. The molecule has 0 radical (unpaired) electrons. The Hall–Kier alpha value is -2.35. The van der Waals surface area contributed by atoms with Crippen LogP contribution in [0.15, 0.2) is 53.5 Å². The maximum atomic E-state index is 12.8. The van der Waals surface area contributed by atoms with Gasteiger partial charge in [0.25, 0.3) is 5.91 Å². The summed E-state index contributed by atoms with van der Waals surface area (Å²) in [6.07, 6.45) is 2.96. The van der Waals surface area contributed by atoms with Crippen molar-refractivity contribution in [3.05, 3.63) is 64.1 Å². The van der Waals surface area contributed by atoms with Crippen LogP contribution in [-0.2, 0) is 0 Å². The number of nitrogens with one attached hydrogen (secondary N) is 1. The molecule has 1 aliphatic rings. The van der Waals surface area contributed by atoms with Crippen LogP contribution in [0.25, 0.3) is 15.1 Å². The van der Waals surface area contributed by atoms with Crippen molar-refractivity contribution in [1.82, 2.24) is 10.3 Å². The number of carbonyl (C=O) groups excluding carboxylic acids is 1. The van der Waals surface area contributed by atoms with E-state index in [0.29, 0.717) is 32.3 Å². The molecule has 27 heavy (non-hydrogen) atoms. The van der Waals surface area contributed by atoms with Crippen LogP contribution in [0.1, 0.15) is 21.7 Å². The van der Waals surface area contributed by atoms with E-state index in [1.54, 1.807) is 12.1 Å². The molecule has 0 saturated heterocycles. The summed E-state index contributed by atoms with van der Waals surface area (Å²) in [4.78, 5) is 23.6. The highest BCUT2D eigenvalue weighted by molar-refractivity contribution is 8.21. The van der Waals surface area contributed by atoms with Crippen molar-refractivity contribution in [2.45, 2.75) is 6.42 Å². The summed E-state index contributed by atoms with van der Waals surface area (Å²) in [5.41, 5.74) is 7.67. The lowest BCUT2D eigenvalue weighted by molar-refractivity contribution is 0.0982. The number of thioether (sulfide) groups is 1. The first-order valence-corrected chi connectivity index (χ1v) is 10.3. The second-order valence-corrected chi connectivity index (χ2v) is 8.21. The molecule has 5 nitrogen and oxygen atoms in total. The Morgan fingerprint density at radius 1 is 1.19 bits per heavy atom. The number of hydrogen-bond acceptors (Lipinski definition) is 6. The quantitative estimate of drug-likeness (QED) is 0.590. The minimum atomic E-state index is -0.285. The van der Waals surface area contributed by atoms with Crippen molar-refractivity contribution in [3.8, 4) is 0 Å². The number of fused-ring (bicyclic) bond motifs is 1. The molecule has 136 valence electrons. The first-order chi connectivity index (χ1) is 13.1. The third-order valence-electron chi connectivity index (χ3n) is 3.97. The lowest BCUT2D eigenvalue weighted by Gasteiger charge is -2.09. The summed E-state index contributed by atoms with van der Waals surface area (Å²) in [7, 11) is 0. The van der Waals surface area contributed by atoms with E-state index in [-0.39, 0.29) is 5.91 Å². The van der Waals surface area contributed by atoms with E-state index in [9.17, 15) is 4.79 Å². The summed E-state index contributed by atoms with van der Waals surface area (Å²) in [5.74, 6) is -0.285. The van der Waals surface area contributed by atoms with Gasteiger partial charge < -0.3 is 11.1 Å². The lowest BCUT2D eigenvalue weighted by atomic mass is 10.2. The molecule has 0 unspecified atom stereocenters. The third-order valence-corrected chi connectivity index (χ3v) is 6.34. The zero-order valence-electron chi connectivity index (χ0n) is 14.1. The zero-order chi connectivity index (χ0) is 18.8. The maximum Gasteiger partial charge on any atom is 0.269 e. The highest BCUT2D eigenvalue weighted by atomic mass is 35.5. The minimum absolute atomic E-state index is 0.285. The van der Waals surface area contributed by atoms with Crippen molar-refractivity contribution in [3.63, 3.8) is 0 Å². The summed E-state index contributed by atoms with van der Waals surface area (Å²) in [5, 5.41) is 4.56. The second-order valence-electron chi connectivity index (χ2n) is 5.80. The number of aromatic nitrogens is 1. The fourth-order valence-electron chi connectivity index (χ4n) is 2.68. The van der Waals surface area contributed by atoms with E-state index in [2.05, 4.69) is 21.4 Å². The average Bonchev–Trinajstić information content (AvgIpc) is 2.84. The van der Waals surface area contributed by atoms with Crippen LogP contribution in [-0.4, -0.2) is 22.6 Å². The van der Waals surface area contributed by atoms with E-state index >= 15 is 0 Å². The molecule has 4 rings (SSSR count). The summed E-state index contributed by atoms with van der Waals surface area (Å²) < 4.78 is 0. The first-order valence-electron chi connectivity index (χ1n) is 8.25. The number of rotatable bonds is 2. The monoisotopic (exact) mass is 414 g/mol. The summed E-state index contributed by atoms with van der Waals surface area (Å²) in [6, 6.07) is 13.5. The van der Waals surface area contributed by atoms with Gasteiger partial charge in [-0.3, -0.25) is 9.79 Å². The Bertz CT molecular complexity index is 1080. The molecule has 3 aromatic rings. The number of carbonyl (C=O) groups is 1. The van der Waals surface area contributed by atoms with Crippen molar-refractivity contribution < 1.29 is 4.79 Å². The van der Waals surface area contributed by atoms with Gasteiger partial charge in [0.1, 0.15) is 14.9 Å². The minimum Gasteiger partial charge on any atom is -0.397 e.